The molecular weight excluding hydrogens is 455 g/mol. The van der Waals surface area contributed by atoms with Crippen molar-refractivity contribution in [2.75, 3.05) is 5.32 Å². The third kappa shape index (κ3) is 4.30. The van der Waals surface area contributed by atoms with Crippen molar-refractivity contribution in [3.8, 4) is 11.3 Å². The molecule has 0 aromatic heterocycles. The van der Waals surface area contributed by atoms with Crippen molar-refractivity contribution in [1.29, 1.82) is 0 Å². The van der Waals surface area contributed by atoms with Crippen LogP contribution in [0.1, 0.15) is 11.1 Å². The maximum atomic E-state index is 14.2. The molecule has 0 aliphatic carbocycles. The normalized spacial score (nSPS) is 11.3. The van der Waals surface area contributed by atoms with Crippen LogP contribution < -0.4 is 10.9 Å². The highest BCUT2D eigenvalue weighted by atomic mass is 35.5. The van der Waals surface area contributed by atoms with E-state index in [-0.39, 0.29) is 6.54 Å². The summed E-state index contributed by atoms with van der Waals surface area (Å²) in [4.78, 5) is 25.7. The van der Waals surface area contributed by atoms with Gasteiger partial charge in [0.05, 0.1) is 11.1 Å². The van der Waals surface area contributed by atoms with Gasteiger partial charge in [0.15, 0.2) is 0 Å². The Balaban J connectivity index is 1.55. The smallest absolute Gasteiger partial charge is 0.278 e. The van der Waals surface area contributed by atoms with Crippen LogP contribution in [-0.4, -0.2) is 20.3 Å². The van der Waals surface area contributed by atoms with Gasteiger partial charge in [-0.2, -0.15) is 5.10 Å². The zero-order chi connectivity index (χ0) is 23.8. The number of fused-ring (bicyclic) bond motifs is 3. The van der Waals surface area contributed by atoms with E-state index in [1.807, 2.05) is 29.7 Å². The first-order valence-corrected chi connectivity index (χ1v) is 11.1. The van der Waals surface area contributed by atoms with Gasteiger partial charge in [0.25, 0.3) is 5.56 Å². The van der Waals surface area contributed by atoms with E-state index in [4.69, 9.17) is 11.6 Å². The molecule has 0 atom stereocenters. The van der Waals surface area contributed by atoms with Crippen LogP contribution >= 0.6 is 11.6 Å². The summed E-state index contributed by atoms with van der Waals surface area (Å²) in [6.45, 7) is 2.24. The molecule has 170 valence electrons. The minimum Gasteiger partial charge on any atom is -0.342 e. The molecule has 8 heteroatoms. The fourth-order valence-electron chi connectivity index (χ4n) is 4.06. The molecule has 2 aliphatic heterocycles. The first-order valence-electron chi connectivity index (χ1n) is 10.7. The molecule has 0 saturated heterocycles. The van der Waals surface area contributed by atoms with E-state index in [0.717, 1.165) is 21.3 Å². The number of aryl methyl sites for hydroxylation is 1. The molecule has 0 unspecified atom stereocenters. The van der Waals surface area contributed by atoms with Crippen LogP contribution in [0, 0.1) is 12.7 Å². The van der Waals surface area contributed by atoms with E-state index in [9.17, 15) is 14.0 Å². The molecule has 1 N–H and O–H groups in total. The third-order valence-electron chi connectivity index (χ3n) is 5.61. The number of carbonyl (C=O) groups is 1. The van der Waals surface area contributed by atoms with Crippen LogP contribution in [0.25, 0.3) is 22.2 Å². The fourth-order valence-corrected chi connectivity index (χ4v) is 4.19. The molecule has 3 aromatic carbocycles. The fraction of sp³-hybridized carbons (Fsp3) is 0.115. The lowest BCUT2D eigenvalue weighted by atomic mass is 10.1. The number of anilines is 1. The van der Waals surface area contributed by atoms with Crippen molar-refractivity contribution in [2.24, 2.45) is 0 Å². The molecule has 5 rings (SSSR count). The van der Waals surface area contributed by atoms with Gasteiger partial charge in [-0.15, -0.1) is 0 Å². The second kappa shape index (κ2) is 8.76. The summed E-state index contributed by atoms with van der Waals surface area (Å²) in [6, 6.07) is 19.1. The summed E-state index contributed by atoms with van der Waals surface area (Å²) in [7, 11) is 0. The summed E-state index contributed by atoms with van der Waals surface area (Å²) in [5, 5.41) is 8.17. The lowest BCUT2D eigenvalue weighted by molar-refractivity contribution is -0.116. The molecule has 2 heterocycles. The van der Waals surface area contributed by atoms with E-state index in [0.29, 0.717) is 33.9 Å². The maximum Gasteiger partial charge on any atom is 0.278 e. The summed E-state index contributed by atoms with van der Waals surface area (Å²) in [5.41, 5.74) is 3.75. The molecule has 0 spiro atoms. The number of hydrogen-bond acceptors (Lipinski definition) is 3. The Hall–Kier alpha value is -3.97. The number of aromatic nitrogens is 3. The maximum absolute atomic E-state index is 14.2. The van der Waals surface area contributed by atoms with Crippen molar-refractivity contribution in [3.63, 3.8) is 0 Å². The van der Waals surface area contributed by atoms with Gasteiger partial charge in [-0.25, -0.2) is 9.07 Å². The molecule has 6 nitrogen and oxygen atoms in total. The highest BCUT2D eigenvalue weighted by molar-refractivity contribution is 6.30. The highest BCUT2D eigenvalue weighted by Crippen LogP contribution is 2.29. The second-order valence-corrected chi connectivity index (χ2v) is 8.62. The van der Waals surface area contributed by atoms with Gasteiger partial charge in [-0.3, -0.25) is 9.59 Å². The summed E-state index contributed by atoms with van der Waals surface area (Å²) in [6.07, 6.45) is 1.72. The van der Waals surface area contributed by atoms with Crippen LogP contribution in [0.3, 0.4) is 0 Å². The number of pyridine rings is 1. The molecular formula is C26H20ClFN4O2. The number of halogens is 2. The van der Waals surface area contributed by atoms with Crippen LogP contribution in [0.4, 0.5) is 10.1 Å². The van der Waals surface area contributed by atoms with Crippen LogP contribution in [0.15, 0.2) is 77.7 Å². The van der Waals surface area contributed by atoms with Gasteiger partial charge in [-0.1, -0.05) is 41.4 Å². The molecule has 0 bridgehead atoms. The largest absolute Gasteiger partial charge is 0.342 e. The number of carbonyl (C=O) groups excluding carboxylic acids is 1. The number of benzene rings is 3. The number of nitrogens with zero attached hydrogens (tertiary/aromatic N) is 3. The lowest BCUT2D eigenvalue weighted by Gasteiger charge is -2.14. The zero-order valence-electron chi connectivity index (χ0n) is 18.3. The average molecular weight is 475 g/mol. The topological polar surface area (TPSA) is 68.9 Å². The molecule has 34 heavy (non-hydrogen) atoms. The summed E-state index contributed by atoms with van der Waals surface area (Å²) >= 11 is 5.88. The molecule has 0 radical (unpaired) electrons. The minimum atomic E-state index is -0.426. The van der Waals surface area contributed by atoms with Crippen molar-refractivity contribution >= 4 is 34.1 Å². The molecule has 2 aliphatic rings. The van der Waals surface area contributed by atoms with Crippen molar-refractivity contribution in [1.82, 2.24) is 14.3 Å². The average Bonchev–Trinajstić information content (AvgIpc) is 3.11. The predicted octanol–water partition coefficient (Wildman–Crippen LogP) is 5.09. The molecule has 3 aromatic rings. The van der Waals surface area contributed by atoms with Crippen molar-refractivity contribution in [2.45, 2.75) is 20.0 Å². The van der Waals surface area contributed by atoms with E-state index in [1.165, 1.54) is 12.1 Å². The van der Waals surface area contributed by atoms with Crippen LogP contribution in [-0.2, 0) is 17.9 Å². The Bertz CT molecular complexity index is 1560. The first-order chi connectivity index (χ1) is 16.4. The molecule has 1 amide bonds. The summed E-state index contributed by atoms with van der Waals surface area (Å²) < 4.78 is 17.2. The highest BCUT2D eigenvalue weighted by Gasteiger charge is 2.22. The number of nitrogens with one attached hydrogen (secondary N) is 1. The van der Waals surface area contributed by atoms with Gasteiger partial charge in [0.2, 0.25) is 5.91 Å². The van der Waals surface area contributed by atoms with Gasteiger partial charge < -0.3 is 9.88 Å². The van der Waals surface area contributed by atoms with Gasteiger partial charge in [0.1, 0.15) is 18.1 Å². The van der Waals surface area contributed by atoms with Crippen molar-refractivity contribution < 1.29 is 9.18 Å². The van der Waals surface area contributed by atoms with E-state index in [2.05, 4.69) is 16.5 Å². The van der Waals surface area contributed by atoms with E-state index in [1.54, 1.807) is 36.5 Å². The van der Waals surface area contributed by atoms with E-state index < -0.39 is 17.3 Å². The molecule has 0 saturated carbocycles. The van der Waals surface area contributed by atoms with Crippen LogP contribution in [0.5, 0.6) is 0 Å². The van der Waals surface area contributed by atoms with Crippen LogP contribution in [0.2, 0.25) is 5.02 Å². The Morgan fingerprint density at radius 3 is 2.65 bits per heavy atom. The SMILES string of the molecule is Cc1cccc(Cn2cc3c(=O)n(CC(=O)Nc4ccc(Cl)cc4)nc-3c3cc(F)ccc32)c1. The van der Waals surface area contributed by atoms with Gasteiger partial charge in [-0.05, 0) is 55.0 Å². The number of amides is 1. The lowest BCUT2D eigenvalue weighted by Crippen LogP contribution is -2.26. The Morgan fingerprint density at radius 2 is 1.88 bits per heavy atom. The Morgan fingerprint density at radius 1 is 1.09 bits per heavy atom. The second-order valence-electron chi connectivity index (χ2n) is 8.19. The standard InChI is InChI=1S/C26H20ClFN4O2/c1-16-3-2-4-17(11-16)13-31-14-22-25(21-12-19(28)7-10-23(21)31)30-32(26(22)34)15-24(33)29-20-8-5-18(27)6-9-20/h2-12,14H,13,15H2,1H3,(H,29,33). The van der Waals surface area contributed by atoms with Crippen molar-refractivity contribution in [3.05, 3.63) is 105 Å². The number of rotatable bonds is 5. The monoisotopic (exact) mass is 474 g/mol. The Labute approximate surface area is 199 Å². The minimum absolute atomic E-state index is 0.273. The molecule has 0 fully saturated rings. The Kier molecular flexibility index (Phi) is 5.63. The zero-order valence-corrected chi connectivity index (χ0v) is 19.0. The summed E-state index contributed by atoms with van der Waals surface area (Å²) in [5.74, 6) is -0.833. The number of hydrogen-bond donors (Lipinski definition) is 1. The predicted molar refractivity (Wildman–Crippen MR) is 131 cm³/mol. The third-order valence-corrected chi connectivity index (χ3v) is 5.86. The quantitative estimate of drug-likeness (QED) is 0.385. The van der Waals surface area contributed by atoms with Gasteiger partial charge >= 0.3 is 0 Å². The van der Waals surface area contributed by atoms with Gasteiger partial charge in [0, 0.05) is 28.8 Å². The van der Waals surface area contributed by atoms with E-state index >= 15 is 0 Å². The first kappa shape index (κ1) is 21.9.